The van der Waals surface area contributed by atoms with Crippen LogP contribution in [0.5, 0.6) is 0 Å². The summed E-state index contributed by atoms with van der Waals surface area (Å²) >= 11 is 0. The Kier molecular flexibility index (Phi) is 2.72. The van der Waals surface area contributed by atoms with Gasteiger partial charge in [0.25, 0.3) is 0 Å². The maximum Gasteiger partial charge on any atom is 0.229 e. The largest absolute Gasteiger partial charge is 0.443 e. The molecular weight excluding hydrogens is 220 g/mol. The Morgan fingerprint density at radius 1 is 1.47 bits per heavy atom. The van der Waals surface area contributed by atoms with Gasteiger partial charge in [-0.3, -0.25) is 14.9 Å². The first-order valence-corrected chi connectivity index (χ1v) is 5.40. The molecule has 1 amide bonds. The van der Waals surface area contributed by atoms with E-state index in [0.717, 1.165) is 12.8 Å². The molecule has 0 atom stereocenters. The van der Waals surface area contributed by atoms with Crippen LogP contribution in [0.15, 0.2) is 4.42 Å². The summed E-state index contributed by atoms with van der Waals surface area (Å²) in [7, 11) is 0. The predicted octanol–water partition coefficient (Wildman–Crippen LogP) is 2.01. The van der Waals surface area contributed by atoms with Crippen molar-refractivity contribution in [3.63, 3.8) is 0 Å². The van der Waals surface area contributed by atoms with Crippen LogP contribution in [-0.4, -0.2) is 11.7 Å². The number of Topliss-reactive ketones (excluding diaryl/α,β-unsaturated/α-hetero) is 1. The second-order valence-electron chi connectivity index (χ2n) is 4.17. The summed E-state index contributed by atoms with van der Waals surface area (Å²) in [6, 6.07) is 1.90. The first kappa shape index (κ1) is 11.4. The number of nitrogens with one attached hydrogen (secondary N) is 1. The summed E-state index contributed by atoms with van der Waals surface area (Å²) in [5.74, 6) is 0.0834. The summed E-state index contributed by atoms with van der Waals surface area (Å²) in [5, 5.41) is 11.6. The summed E-state index contributed by atoms with van der Waals surface area (Å²) in [6.07, 6.45) is 1.74. The van der Waals surface area contributed by atoms with Crippen molar-refractivity contribution < 1.29 is 14.0 Å². The van der Waals surface area contributed by atoms with E-state index in [4.69, 9.17) is 9.68 Å². The number of amides is 1. The molecule has 0 unspecified atom stereocenters. The molecule has 1 saturated carbocycles. The first-order valence-electron chi connectivity index (χ1n) is 5.40. The molecule has 1 fully saturated rings. The molecule has 1 aromatic heterocycles. The molecule has 5 nitrogen and oxygen atoms in total. The maximum absolute atomic E-state index is 11.6. The van der Waals surface area contributed by atoms with Crippen molar-refractivity contribution in [2.45, 2.75) is 26.7 Å². The van der Waals surface area contributed by atoms with Crippen molar-refractivity contribution >= 4 is 17.6 Å². The Morgan fingerprint density at radius 2 is 2.12 bits per heavy atom. The number of carbonyl (C=O) groups excluding carboxylic acids is 2. The maximum atomic E-state index is 11.6. The third kappa shape index (κ3) is 2.07. The van der Waals surface area contributed by atoms with Crippen LogP contribution < -0.4 is 5.32 Å². The van der Waals surface area contributed by atoms with Crippen molar-refractivity contribution in [3.05, 3.63) is 16.9 Å². The third-order valence-electron chi connectivity index (χ3n) is 2.73. The summed E-state index contributed by atoms with van der Waals surface area (Å²) < 4.78 is 5.27. The minimum absolute atomic E-state index is 0.0210. The van der Waals surface area contributed by atoms with Crippen LogP contribution in [-0.2, 0) is 4.79 Å². The van der Waals surface area contributed by atoms with Gasteiger partial charge in [-0.25, -0.2) is 0 Å². The van der Waals surface area contributed by atoms with E-state index in [1.165, 1.54) is 6.92 Å². The van der Waals surface area contributed by atoms with Gasteiger partial charge in [0.05, 0.1) is 5.56 Å². The van der Waals surface area contributed by atoms with Gasteiger partial charge in [0.15, 0.2) is 5.78 Å². The minimum atomic E-state index is -0.241. The fourth-order valence-electron chi connectivity index (χ4n) is 1.72. The van der Waals surface area contributed by atoms with Gasteiger partial charge in [-0.05, 0) is 26.7 Å². The summed E-state index contributed by atoms with van der Waals surface area (Å²) in [6.45, 7) is 2.97. The number of ketones is 1. The van der Waals surface area contributed by atoms with Crippen LogP contribution in [0.4, 0.5) is 5.88 Å². The fraction of sp³-hybridized carbons (Fsp3) is 0.417. The van der Waals surface area contributed by atoms with E-state index in [9.17, 15) is 9.59 Å². The minimum Gasteiger partial charge on any atom is -0.443 e. The Bertz CT molecular complexity index is 533. The second-order valence-corrected chi connectivity index (χ2v) is 4.17. The van der Waals surface area contributed by atoms with Crippen molar-refractivity contribution in [1.29, 1.82) is 5.26 Å². The Morgan fingerprint density at radius 3 is 2.59 bits per heavy atom. The van der Waals surface area contributed by atoms with E-state index in [0.29, 0.717) is 5.76 Å². The molecule has 1 heterocycles. The van der Waals surface area contributed by atoms with Gasteiger partial charge in [-0.2, -0.15) is 5.26 Å². The van der Waals surface area contributed by atoms with Crippen LogP contribution in [0.2, 0.25) is 0 Å². The molecule has 1 aliphatic rings. The highest BCUT2D eigenvalue weighted by atomic mass is 16.4. The topological polar surface area (TPSA) is 83.1 Å². The van der Waals surface area contributed by atoms with Crippen molar-refractivity contribution in [1.82, 2.24) is 0 Å². The lowest BCUT2D eigenvalue weighted by Gasteiger charge is -1.99. The van der Waals surface area contributed by atoms with E-state index in [2.05, 4.69) is 5.32 Å². The number of rotatable bonds is 3. The number of furan rings is 1. The molecule has 0 spiro atoms. The molecule has 0 bridgehead atoms. The molecule has 0 saturated heterocycles. The number of nitrogens with zero attached hydrogens (tertiary/aromatic N) is 1. The van der Waals surface area contributed by atoms with Crippen LogP contribution in [0.3, 0.4) is 0 Å². The lowest BCUT2D eigenvalue weighted by atomic mass is 10.1. The van der Waals surface area contributed by atoms with Gasteiger partial charge in [-0.15, -0.1) is 0 Å². The Hall–Kier alpha value is -2.09. The third-order valence-corrected chi connectivity index (χ3v) is 2.73. The number of aryl methyl sites for hydroxylation is 1. The molecule has 1 aromatic rings. The average molecular weight is 232 g/mol. The van der Waals surface area contributed by atoms with Crippen molar-refractivity contribution in [2.24, 2.45) is 5.92 Å². The molecule has 17 heavy (non-hydrogen) atoms. The molecule has 1 N–H and O–H groups in total. The molecule has 1 aliphatic carbocycles. The fourth-order valence-corrected chi connectivity index (χ4v) is 1.72. The van der Waals surface area contributed by atoms with Crippen LogP contribution in [0.1, 0.15) is 41.4 Å². The molecule has 2 rings (SSSR count). The summed E-state index contributed by atoms with van der Waals surface area (Å²) in [4.78, 5) is 22.9. The number of carbonyl (C=O) groups is 2. The zero-order chi connectivity index (χ0) is 12.6. The lowest BCUT2D eigenvalue weighted by molar-refractivity contribution is -0.117. The zero-order valence-corrected chi connectivity index (χ0v) is 9.66. The Balaban J connectivity index is 2.34. The second kappa shape index (κ2) is 4.06. The van der Waals surface area contributed by atoms with Gasteiger partial charge >= 0.3 is 0 Å². The van der Waals surface area contributed by atoms with E-state index < -0.39 is 0 Å². The number of hydrogen-bond acceptors (Lipinski definition) is 4. The zero-order valence-electron chi connectivity index (χ0n) is 9.66. The van der Waals surface area contributed by atoms with Gasteiger partial charge in [-0.1, -0.05) is 0 Å². The van der Waals surface area contributed by atoms with E-state index in [1.54, 1.807) is 6.92 Å². The highest BCUT2D eigenvalue weighted by Crippen LogP contribution is 2.32. The summed E-state index contributed by atoms with van der Waals surface area (Å²) in [5.41, 5.74) is 0.364. The molecule has 0 aromatic carbocycles. The Labute approximate surface area is 98.4 Å². The van der Waals surface area contributed by atoms with Gasteiger partial charge in [0.1, 0.15) is 17.4 Å². The lowest BCUT2D eigenvalue weighted by Crippen LogP contribution is -2.13. The SMILES string of the molecule is CC(=O)c1c(C)oc(NC(=O)C2CC2)c1C#N. The molecule has 88 valence electrons. The van der Waals surface area contributed by atoms with E-state index in [1.807, 2.05) is 6.07 Å². The molecular formula is C12H12N2O3. The van der Waals surface area contributed by atoms with Gasteiger partial charge in [0, 0.05) is 5.92 Å². The predicted molar refractivity (Wildman–Crippen MR) is 59.5 cm³/mol. The number of hydrogen-bond donors (Lipinski definition) is 1. The number of nitriles is 1. The quantitative estimate of drug-likeness (QED) is 0.808. The standard InChI is InChI=1S/C12H12N2O3/c1-6(15)10-7(2)17-12(9(10)5-13)14-11(16)8-3-4-8/h8H,3-4H2,1-2H3,(H,14,16). The number of anilines is 1. The van der Waals surface area contributed by atoms with E-state index >= 15 is 0 Å². The monoisotopic (exact) mass is 232 g/mol. The normalized spacial score (nSPS) is 14.2. The van der Waals surface area contributed by atoms with Crippen LogP contribution in [0, 0.1) is 24.2 Å². The molecule has 0 radical (unpaired) electrons. The van der Waals surface area contributed by atoms with Gasteiger partial charge in [0.2, 0.25) is 11.8 Å². The van der Waals surface area contributed by atoms with Crippen LogP contribution in [0.25, 0.3) is 0 Å². The van der Waals surface area contributed by atoms with Crippen molar-refractivity contribution in [2.75, 3.05) is 5.32 Å². The van der Waals surface area contributed by atoms with Crippen molar-refractivity contribution in [3.8, 4) is 6.07 Å². The van der Waals surface area contributed by atoms with Gasteiger partial charge < -0.3 is 4.42 Å². The van der Waals surface area contributed by atoms with Crippen LogP contribution >= 0.6 is 0 Å². The molecule has 5 heteroatoms. The highest BCUT2D eigenvalue weighted by Gasteiger charge is 2.31. The smallest absolute Gasteiger partial charge is 0.229 e. The van der Waals surface area contributed by atoms with E-state index in [-0.39, 0.29) is 34.6 Å². The highest BCUT2D eigenvalue weighted by molar-refractivity contribution is 6.01. The molecule has 0 aliphatic heterocycles. The average Bonchev–Trinajstić information content (AvgIpc) is 3.03. The first-order chi connectivity index (χ1) is 8.04.